The smallest absolute Gasteiger partial charge is 0.231 e. The SMILES string of the molecule is CC=COc1ccc(C(=O)C(=Cc2ccc(Cl)cc2)c2nc3ccccc3o2)cc1. The molecule has 1 heterocycles. The summed E-state index contributed by atoms with van der Waals surface area (Å²) in [5.41, 5.74) is 2.99. The minimum atomic E-state index is -0.200. The summed E-state index contributed by atoms with van der Waals surface area (Å²) < 4.78 is 11.3. The Morgan fingerprint density at radius 1 is 1.00 bits per heavy atom. The quantitative estimate of drug-likeness (QED) is 0.197. The van der Waals surface area contributed by atoms with Crippen LogP contribution in [0.5, 0.6) is 5.75 Å². The normalized spacial score (nSPS) is 11.9. The maximum atomic E-state index is 13.4. The van der Waals surface area contributed by atoms with E-state index in [9.17, 15) is 4.79 Å². The third-order valence-corrected chi connectivity index (χ3v) is 4.66. The van der Waals surface area contributed by atoms with Crippen molar-refractivity contribution in [1.29, 1.82) is 0 Å². The summed E-state index contributed by atoms with van der Waals surface area (Å²) in [6.07, 6.45) is 5.13. The summed E-state index contributed by atoms with van der Waals surface area (Å²) in [7, 11) is 0. The molecule has 5 heteroatoms. The van der Waals surface area contributed by atoms with Crippen molar-refractivity contribution in [3.63, 3.8) is 0 Å². The van der Waals surface area contributed by atoms with Crippen molar-refractivity contribution >= 4 is 40.1 Å². The molecule has 4 aromatic rings. The van der Waals surface area contributed by atoms with Crippen LogP contribution in [0.1, 0.15) is 28.7 Å². The van der Waals surface area contributed by atoms with Crippen molar-refractivity contribution in [1.82, 2.24) is 4.98 Å². The predicted molar refractivity (Wildman–Crippen MR) is 120 cm³/mol. The number of carbonyl (C=O) groups excluding carboxylic acids is 1. The van der Waals surface area contributed by atoms with Crippen LogP contribution >= 0.6 is 11.6 Å². The van der Waals surface area contributed by atoms with Gasteiger partial charge in [0.2, 0.25) is 5.89 Å². The Labute approximate surface area is 179 Å². The van der Waals surface area contributed by atoms with Crippen molar-refractivity contribution in [2.24, 2.45) is 0 Å². The second-order valence-electron chi connectivity index (χ2n) is 6.54. The van der Waals surface area contributed by atoms with E-state index < -0.39 is 0 Å². The Bertz CT molecular complexity index is 1200. The molecule has 148 valence electrons. The zero-order chi connectivity index (χ0) is 20.9. The van der Waals surface area contributed by atoms with E-state index >= 15 is 0 Å². The van der Waals surface area contributed by atoms with Gasteiger partial charge in [-0.2, -0.15) is 0 Å². The topological polar surface area (TPSA) is 52.3 Å². The molecule has 4 rings (SSSR count). The van der Waals surface area contributed by atoms with E-state index in [0.717, 1.165) is 5.56 Å². The molecule has 4 nitrogen and oxygen atoms in total. The Kier molecular flexibility index (Phi) is 5.77. The summed E-state index contributed by atoms with van der Waals surface area (Å²) in [5.74, 6) is 0.717. The monoisotopic (exact) mass is 415 g/mol. The van der Waals surface area contributed by atoms with Gasteiger partial charge in [-0.1, -0.05) is 41.9 Å². The summed E-state index contributed by atoms with van der Waals surface area (Å²) in [6, 6.07) is 21.6. The summed E-state index contributed by atoms with van der Waals surface area (Å²) in [4.78, 5) is 17.9. The average Bonchev–Trinajstić information content (AvgIpc) is 3.21. The lowest BCUT2D eigenvalue weighted by atomic mass is 10.0. The molecule has 0 saturated carbocycles. The Morgan fingerprint density at radius 2 is 1.73 bits per heavy atom. The Balaban J connectivity index is 1.76. The van der Waals surface area contributed by atoms with E-state index in [2.05, 4.69) is 4.98 Å². The van der Waals surface area contributed by atoms with Gasteiger partial charge in [-0.05, 0) is 67.1 Å². The van der Waals surface area contributed by atoms with Crippen LogP contribution < -0.4 is 4.74 Å². The van der Waals surface area contributed by atoms with Crippen molar-refractivity contribution < 1.29 is 13.9 Å². The molecule has 0 unspecified atom stereocenters. The lowest BCUT2D eigenvalue weighted by Crippen LogP contribution is -2.03. The molecule has 1 aromatic heterocycles. The highest BCUT2D eigenvalue weighted by Crippen LogP contribution is 2.27. The van der Waals surface area contributed by atoms with Gasteiger partial charge in [-0.3, -0.25) is 4.79 Å². The van der Waals surface area contributed by atoms with Crippen LogP contribution in [0.25, 0.3) is 22.7 Å². The Morgan fingerprint density at radius 3 is 2.43 bits per heavy atom. The number of nitrogens with zero attached hydrogens (tertiary/aromatic N) is 1. The number of halogens is 1. The van der Waals surface area contributed by atoms with E-state index in [4.69, 9.17) is 20.8 Å². The molecule has 0 aliphatic rings. The lowest BCUT2D eigenvalue weighted by Gasteiger charge is -2.06. The van der Waals surface area contributed by atoms with E-state index in [-0.39, 0.29) is 11.7 Å². The van der Waals surface area contributed by atoms with Gasteiger partial charge in [0.05, 0.1) is 11.8 Å². The number of carbonyl (C=O) groups is 1. The van der Waals surface area contributed by atoms with Crippen molar-refractivity contribution in [3.8, 4) is 5.75 Å². The minimum absolute atomic E-state index is 0.200. The number of benzene rings is 3. The molecular formula is C25H18ClNO3. The second kappa shape index (κ2) is 8.80. The van der Waals surface area contributed by atoms with Crippen LogP contribution in [0, 0.1) is 0 Å². The van der Waals surface area contributed by atoms with Crippen LogP contribution in [0.3, 0.4) is 0 Å². The first-order chi connectivity index (χ1) is 14.6. The fraction of sp³-hybridized carbons (Fsp3) is 0.0400. The molecule has 0 spiro atoms. The van der Waals surface area contributed by atoms with Gasteiger partial charge in [-0.25, -0.2) is 4.98 Å². The summed E-state index contributed by atoms with van der Waals surface area (Å²) in [5, 5.41) is 0.624. The number of allylic oxidation sites excluding steroid dienone is 2. The number of hydrogen-bond acceptors (Lipinski definition) is 4. The number of fused-ring (bicyclic) bond motifs is 1. The highest BCUT2D eigenvalue weighted by atomic mass is 35.5. The fourth-order valence-electron chi connectivity index (χ4n) is 2.92. The molecule has 0 bridgehead atoms. The molecule has 0 aliphatic heterocycles. The van der Waals surface area contributed by atoms with Gasteiger partial charge >= 0.3 is 0 Å². The highest BCUT2D eigenvalue weighted by molar-refractivity contribution is 6.32. The van der Waals surface area contributed by atoms with Crippen LogP contribution in [0.15, 0.2) is 89.6 Å². The second-order valence-corrected chi connectivity index (χ2v) is 6.97. The first kappa shape index (κ1) is 19.7. The number of para-hydroxylation sites is 2. The van der Waals surface area contributed by atoms with Gasteiger partial charge in [0, 0.05) is 10.6 Å². The standard InChI is InChI=1S/C25H18ClNO3/c1-2-15-29-20-13-9-18(10-14-20)24(28)21(16-17-7-11-19(26)12-8-17)25-27-22-5-3-4-6-23(22)30-25/h2-16H,1H3. The van der Waals surface area contributed by atoms with E-state index in [1.54, 1.807) is 54.8 Å². The van der Waals surface area contributed by atoms with Crippen LogP contribution in [-0.4, -0.2) is 10.8 Å². The van der Waals surface area contributed by atoms with Gasteiger partial charge in [-0.15, -0.1) is 0 Å². The molecule has 30 heavy (non-hydrogen) atoms. The number of oxazole rings is 1. The molecule has 0 fully saturated rings. The van der Waals surface area contributed by atoms with Crippen LogP contribution in [0.4, 0.5) is 0 Å². The maximum Gasteiger partial charge on any atom is 0.231 e. The largest absolute Gasteiger partial charge is 0.465 e. The molecule has 0 aliphatic carbocycles. The number of rotatable bonds is 6. The predicted octanol–water partition coefficient (Wildman–Crippen LogP) is 6.82. The summed E-state index contributed by atoms with van der Waals surface area (Å²) in [6.45, 7) is 1.87. The number of Topliss-reactive ketones (excluding diaryl/α,β-unsaturated/α-hetero) is 1. The van der Waals surface area contributed by atoms with Crippen molar-refractivity contribution in [3.05, 3.63) is 107 Å². The number of aromatic nitrogens is 1. The number of hydrogen-bond donors (Lipinski definition) is 0. The molecule has 0 amide bonds. The number of ether oxygens (including phenoxy) is 1. The van der Waals surface area contributed by atoms with E-state index in [0.29, 0.717) is 33.0 Å². The average molecular weight is 416 g/mol. The molecule has 0 N–H and O–H groups in total. The van der Waals surface area contributed by atoms with Gasteiger partial charge < -0.3 is 9.15 Å². The fourth-order valence-corrected chi connectivity index (χ4v) is 3.05. The zero-order valence-electron chi connectivity index (χ0n) is 16.2. The van der Waals surface area contributed by atoms with Crippen molar-refractivity contribution in [2.45, 2.75) is 6.92 Å². The Hall–Kier alpha value is -3.63. The van der Waals surface area contributed by atoms with Gasteiger partial charge in [0.25, 0.3) is 0 Å². The molecule has 0 atom stereocenters. The minimum Gasteiger partial charge on any atom is -0.465 e. The van der Waals surface area contributed by atoms with Crippen LogP contribution in [0.2, 0.25) is 5.02 Å². The first-order valence-corrected chi connectivity index (χ1v) is 9.77. The zero-order valence-corrected chi connectivity index (χ0v) is 17.0. The van der Waals surface area contributed by atoms with Gasteiger partial charge in [0.1, 0.15) is 11.3 Å². The van der Waals surface area contributed by atoms with E-state index in [1.165, 1.54) is 0 Å². The highest BCUT2D eigenvalue weighted by Gasteiger charge is 2.20. The number of ketones is 1. The van der Waals surface area contributed by atoms with Crippen LogP contribution in [-0.2, 0) is 0 Å². The van der Waals surface area contributed by atoms with Crippen molar-refractivity contribution in [2.75, 3.05) is 0 Å². The molecule has 3 aromatic carbocycles. The third-order valence-electron chi connectivity index (χ3n) is 4.41. The first-order valence-electron chi connectivity index (χ1n) is 9.40. The van der Waals surface area contributed by atoms with Gasteiger partial charge in [0.15, 0.2) is 11.4 Å². The molecular weight excluding hydrogens is 398 g/mol. The third kappa shape index (κ3) is 4.34. The molecule has 0 radical (unpaired) electrons. The van der Waals surface area contributed by atoms with E-state index in [1.807, 2.05) is 43.3 Å². The molecule has 0 saturated heterocycles. The maximum absolute atomic E-state index is 13.4. The lowest BCUT2D eigenvalue weighted by molar-refractivity contribution is 0.105. The summed E-state index contributed by atoms with van der Waals surface area (Å²) >= 11 is 5.99.